The number of hydrogen-bond acceptors (Lipinski definition) is 5. The molecule has 1 aromatic rings. The van der Waals surface area contributed by atoms with Crippen molar-refractivity contribution in [2.24, 2.45) is 5.73 Å². The second-order valence-corrected chi connectivity index (χ2v) is 3.98. The van der Waals surface area contributed by atoms with E-state index in [0.717, 1.165) is 6.08 Å². The standard InChI is InChI=1S/C13H13NO6/c14-12(15)3-4-18-9-6-11-10(19-7-20-11)5-8(9)1-2-13(16)17/h1-2,5-6H,3-4,7H2,(H2,14,15)(H,16,17). The van der Waals surface area contributed by atoms with Gasteiger partial charge in [0, 0.05) is 17.7 Å². The van der Waals surface area contributed by atoms with Crippen LogP contribution >= 0.6 is 0 Å². The highest BCUT2D eigenvalue weighted by Gasteiger charge is 2.17. The number of nitrogens with two attached hydrogens (primary N) is 1. The number of carboxylic acid groups (broad SMARTS) is 1. The number of carbonyl (C=O) groups is 2. The number of benzene rings is 1. The predicted octanol–water partition coefficient (Wildman–Crippen LogP) is 0.767. The van der Waals surface area contributed by atoms with Crippen LogP contribution in [-0.2, 0) is 9.59 Å². The molecule has 0 fully saturated rings. The van der Waals surface area contributed by atoms with Gasteiger partial charge in [0.2, 0.25) is 12.7 Å². The molecule has 0 saturated carbocycles. The molecule has 7 heteroatoms. The second kappa shape index (κ2) is 5.96. The number of fused-ring (bicyclic) bond motifs is 1. The van der Waals surface area contributed by atoms with Crippen molar-refractivity contribution >= 4 is 18.0 Å². The Labute approximate surface area is 114 Å². The molecule has 0 unspecified atom stereocenters. The highest BCUT2D eigenvalue weighted by atomic mass is 16.7. The van der Waals surface area contributed by atoms with Gasteiger partial charge in [0.25, 0.3) is 0 Å². The largest absolute Gasteiger partial charge is 0.492 e. The molecule has 0 saturated heterocycles. The molecule has 0 aliphatic carbocycles. The molecule has 1 aliphatic rings. The average molecular weight is 279 g/mol. The van der Waals surface area contributed by atoms with Gasteiger partial charge in [0.05, 0.1) is 13.0 Å². The maximum atomic E-state index is 10.7. The van der Waals surface area contributed by atoms with Gasteiger partial charge in [0.15, 0.2) is 11.5 Å². The number of primary amides is 1. The summed E-state index contributed by atoms with van der Waals surface area (Å²) in [7, 11) is 0. The van der Waals surface area contributed by atoms with Crippen LogP contribution in [0, 0.1) is 0 Å². The van der Waals surface area contributed by atoms with E-state index in [4.69, 9.17) is 25.1 Å². The third kappa shape index (κ3) is 3.41. The minimum absolute atomic E-state index is 0.0660. The fourth-order valence-electron chi connectivity index (χ4n) is 1.62. The summed E-state index contributed by atoms with van der Waals surface area (Å²) in [5.74, 6) is -0.143. The number of carbonyl (C=O) groups excluding carboxylic acids is 1. The van der Waals surface area contributed by atoms with Crippen molar-refractivity contribution in [1.82, 2.24) is 0 Å². The van der Waals surface area contributed by atoms with E-state index in [0.29, 0.717) is 22.8 Å². The molecule has 106 valence electrons. The van der Waals surface area contributed by atoms with Crippen molar-refractivity contribution in [3.05, 3.63) is 23.8 Å². The summed E-state index contributed by atoms with van der Waals surface area (Å²) in [6.07, 6.45) is 2.43. The summed E-state index contributed by atoms with van der Waals surface area (Å²) in [5.41, 5.74) is 5.54. The monoisotopic (exact) mass is 279 g/mol. The maximum Gasteiger partial charge on any atom is 0.328 e. The van der Waals surface area contributed by atoms with Gasteiger partial charge in [-0.25, -0.2) is 4.79 Å². The van der Waals surface area contributed by atoms with Crippen LogP contribution in [0.1, 0.15) is 12.0 Å². The maximum absolute atomic E-state index is 10.7. The van der Waals surface area contributed by atoms with Crippen LogP contribution in [0.4, 0.5) is 0 Å². The molecule has 1 heterocycles. The van der Waals surface area contributed by atoms with Gasteiger partial charge in [-0.2, -0.15) is 0 Å². The first-order valence-corrected chi connectivity index (χ1v) is 5.82. The van der Waals surface area contributed by atoms with Crippen LogP contribution in [-0.4, -0.2) is 30.4 Å². The SMILES string of the molecule is NC(=O)CCOc1cc2c(cc1C=CC(=O)O)OCO2. The number of rotatable bonds is 6. The zero-order chi connectivity index (χ0) is 14.5. The van der Waals surface area contributed by atoms with Crippen LogP contribution < -0.4 is 19.9 Å². The number of aliphatic carboxylic acids is 1. The number of amides is 1. The molecule has 7 nitrogen and oxygen atoms in total. The molecule has 0 aromatic heterocycles. The zero-order valence-electron chi connectivity index (χ0n) is 10.5. The van der Waals surface area contributed by atoms with Crippen molar-refractivity contribution in [1.29, 1.82) is 0 Å². The minimum atomic E-state index is -1.08. The molecule has 1 aliphatic heterocycles. The van der Waals surface area contributed by atoms with E-state index in [2.05, 4.69) is 0 Å². The van der Waals surface area contributed by atoms with E-state index in [1.54, 1.807) is 12.1 Å². The van der Waals surface area contributed by atoms with Gasteiger partial charge in [-0.3, -0.25) is 4.79 Å². The Morgan fingerprint density at radius 3 is 2.70 bits per heavy atom. The van der Waals surface area contributed by atoms with Crippen molar-refractivity contribution in [2.75, 3.05) is 13.4 Å². The summed E-state index contributed by atoms with van der Waals surface area (Å²) < 4.78 is 15.8. The van der Waals surface area contributed by atoms with E-state index < -0.39 is 11.9 Å². The van der Waals surface area contributed by atoms with Gasteiger partial charge in [-0.05, 0) is 12.1 Å². The quantitative estimate of drug-likeness (QED) is 0.744. The van der Waals surface area contributed by atoms with Crippen LogP contribution in [0.5, 0.6) is 17.2 Å². The lowest BCUT2D eigenvalue weighted by Gasteiger charge is -2.09. The molecular weight excluding hydrogens is 266 g/mol. The molecule has 20 heavy (non-hydrogen) atoms. The number of ether oxygens (including phenoxy) is 3. The smallest absolute Gasteiger partial charge is 0.328 e. The van der Waals surface area contributed by atoms with E-state index in [9.17, 15) is 9.59 Å². The molecule has 3 N–H and O–H groups in total. The van der Waals surface area contributed by atoms with Crippen LogP contribution in [0.3, 0.4) is 0 Å². The predicted molar refractivity (Wildman–Crippen MR) is 68.5 cm³/mol. The minimum Gasteiger partial charge on any atom is -0.492 e. The van der Waals surface area contributed by atoms with Crippen molar-refractivity contribution < 1.29 is 28.9 Å². The van der Waals surface area contributed by atoms with Crippen molar-refractivity contribution in [3.8, 4) is 17.2 Å². The fraction of sp³-hybridized carbons (Fsp3) is 0.231. The molecular formula is C13H13NO6. The van der Waals surface area contributed by atoms with Crippen molar-refractivity contribution in [2.45, 2.75) is 6.42 Å². The third-order valence-corrected chi connectivity index (χ3v) is 2.52. The highest BCUT2D eigenvalue weighted by molar-refractivity contribution is 5.86. The second-order valence-electron chi connectivity index (χ2n) is 3.98. The Morgan fingerprint density at radius 2 is 2.05 bits per heavy atom. The van der Waals surface area contributed by atoms with E-state index in [1.807, 2.05) is 0 Å². The van der Waals surface area contributed by atoms with E-state index in [1.165, 1.54) is 6.08 Å². The first kappa shape index (κ1) is 13.7. The third-order valence-electron chi connectivity index (χ3n) is 2.52. The van der Waals surface area contributed by atoms with E-state index in [-0.39, 0.29) is 19.8 Å². The summed E-state index contributed by atoms with van der Waals surface area (Å²) in [6, 6.07) is 3.20. The number of hydrogen-bond donors (Lipinski definition) is 2. The van der Waals surface area contributed by atoms with E-state index >= 15 is 0 Å². The molecule has 0 radical (unpaired) electrons. The Hall–Kier alpha value is -2.70. The lowest BCUT2D eigenvalue weighted by atomic mass is 10.1. The lowest BCUT2D eigenvalue weighted by Crippen LogP contribution is -2.14. The zero-order valence-corrected chi connectivity index (χ0v) is 10.5. The van der Waals surface area contributed by atoms with Gasteiger partial charge in [-0.1, -0.05) is 0 Å². The van der Waals surface area contributed by atoms with Gasteiger partial charge < -0.3 is 25.1 Å². The molecule has 0 spiro atoms. The Bertz CT molecular complexity index is 566. The molecule has 1 aromatic carbocycles. The topological polar surface area (TPSA) is 108 Å². The summed E-state index contributed by atoms with van der Waals surface area (Å²) in [4.78, 5) is 21.3. The summed E-state index contributed by atoms with van der Waals surface area (Å²) in [5, 5.41) is 8.66. The van der Waals surface area contributed by atoms with Crippen LogP contribution in [0.2, 0.25) is 0 Å². The molecule has 2 rings (SSSR count). The highest BCUT2D eigenvalue weighted by Crippen LogP contribution is 2.38. The molecule has 1 amide bonds. The van der Waals surface area contributed by atoms with Crippen LogP contribution in [0.15, 0.2) is 18.2 Å². The summed E-state index contributed by atoms with van der Waals surface area (Å²) in [6.45, 7) is 0.199. The molecule has 0 bridgehead atoms. The van der Waals surface area contributed by atoms with Crippen molar-refractivity contribution in [3.63, 3.8) is 0 Å². The fourth-order valence-corrected chi connectivity index (χ4v) is 1.62. The normalized spacial score (nSPS) is 12.6. The Kier molecular flexibility index (Phi) is 4.09. The van der Waals surface area contributed by atoms with Gasteiger partial charge >= 0.3 is 5.97 Å². The first-order valence-electron chi connectivity index (χ1n) is 5.82. The first-order chi connectivity index (χ1) is 9.56. The molecule has 0 atom stereocenters. The Morgan fingerprint density at radius 1 is 1.35 bits per heavy atom. The lowest BCUT2D eigenvalue weighted by molar-refractivity contribution is -0.131. The average Bonchev–Trinajstić information content (AvgIpc) is 2.82. The van der Waals surface area contributed by atoms with Gasteiger partial charge in [-0.15, -0.1) is 0 Å². The van der Waals surface area contributed by atoms with Crippen LogP contribution in [0.25, 0.3) is 6.08 Å². The summed E-state index contributed by atoms with van der Waals surface area (Å²) >= 11 is 0. The Balaban J connectivity index is 2.22. The number of carboxylic acids is 1. The van der Waals surface area contributed by atoms with Gasteiger partial charge in [0.1, 0.15) is 5.75 Å².